The van der Waals surface area contributed by atoms with E-state index in [4.69, 9.17) is 5.73 Å². The van der Waals surface area contributed by atoms with E-state index < -0.39 is 6.03 Å². The first-order valence-electron chi connectivity index (χ1n) is 4.21. The molecule has 0 aliphatic heterocycles. The van der Waals surface area contributed by atoms with Gasteiger partial charge in [0.05, 0.1) is 0 Å². The Kier molecular flexibility index (Phi) is 6.41. The van der Waals surface area contributed by atoms with Gasteiger partial charge in [0, 0.05) is 13.1 Å². The van der Waals surface area contributed by atoms with Crippen molar-refractivity contribution in [1.82, 2.24) is 15.8 Å². The van der Waals surface area contributed by atoms with Crippen molar-refractivity contribution in [2.24, 2.45) is 5.73 Å². The van der Waals surface area contributed by atoms with Gasteiger partial charge in [-0.25, -0.2) is 10.2 Å². The number of amides is 2. The third-order valence-corrected chi connectivity index (χ3v) is 1.66. The molecule has 0 fully saturated rings. The van der Waals surface area contributed by atoms with Crippen LogP contribution in [-0.4, -0.2) is 37.1 Å². The highest BCUT2D eigenvalue weighted by Gasteiger charge is 1.97. The number of primary amides is 1. The summed E-state index contributed by atoms with van der Waals surface area (Å²) < 4.78 is 0. The average Bonchev–Trinajstić information content (AvgIpc) is 2.04. The molecule has 0 bridgehead atoms. The summed E-state index contributed by atoms with van der Waals surface area (Å²) in [6.07, 6.45) is 0. The lowest BCUT2D eigenvalue weighted by Gasteiger charge is -2.17. The SMILES string of the molecule is CCN(CC)CCNNC(N)=O. The van der Waals surface area contributed by atoms with Gasteiger partial charge in [-0.05, 0) is 13.1 Å². The first kappa shape index (κ1) is 11.2. The molecule has 4 N–H and O–H groups in total. The zero-order valence-corrected chi connectivity index (χ0v) is 7.76. The average molecular weight is 174 g/mol. The van der Waals surface area contributed by atoms with Crippen LogP contribution in [0.15, 0.2) is 0 Å². The molecular weight excluding hydrogens is 156 g/mol. The first-order chi connectivity index (χ1) is 5.70. The molecule has 5 heteroatoms. The molecule has 2 amide bonds. The molecule has 0 heterocycles. The van der Waals surface area contributed by atoms with E-state index in [1.54, 1.807) is 0 Å². The first-order valence-corrected chi connectivity index (χ1v) is 4.21. The highest BCUT2D eigenvalue weighted by Crippen LogP contribution is 1.82. The smallest absolute Gasteiger partial charge is 0.326 e. The van der Waals surface area contributed by atoms with Crippen LogP contribution in [0.2, 0.25) is 0 Å². The number of nitrogens with zero attached hydrogens (tertiary/aromatic N) is 1. The maximum Gasteiger partial charge on any atom is 0.326 e. The summed E-state index contributed by atoms with van der Waals surface area (Å²) in [5, 5.41) is 0. The van der Waals surface area contributed by atoms with Gasteiger partial charge < -0.3 is 10.6 Å². The lowest BCUT2D eigenvalue weighted by molar-refractivity contribution is 0.242. The second kappa shape index (κ2) is 6.87. The topological polar surface area (TPSA) is 70.4 Å². The molecule has 0 radical (unpaired) electrons. The molecule has 0 aliphatic rings. The molecule has 5 nitrogen and oxygen atoms in total. The van der Waals surface area contributed by atoms with Crippen molar-refractivity contribution in [2.75, 3.05) is 26.2 Å². The molecule has 0 saturated heterocycles. The summed E-state index contributed by atoms with van der Waals surface area (Å²) in [4.78, 5) is 12.5. The number of hydrogen-bond donors (Lipinski definition) is 3. The van der Waals surface area contributed by atoms with Crippen molar-refractivity contribution in [3.05, 3.63) is 0 Å². The van der Waals surface area contributed by atoms with Crippen molar-refractivity contribution in [3.8, 4) is 0 Å². The highest BCUT2D eigenvalue weighted by molar-refractivity contribution is 5.70. The lowest BCUT2D eigenvalue weighted by Crippen LogP contribution is -2.44. The minimum Gasteiger partial charge on any atom is -0.351 e. The molecule has 0 aromatic rings. The maximum atomic E-state index is 10.2. The van der Waals surface area contributed by atoms with E-state index in [0.717, 1.165) is 19.6 Å². The van der Waals surface area contributed by atoms with Crippen LogP contribution in [-0.2, 0) is 0 Å². The number of likely N-dealkylation sites (N-methyl/N-ethyl adjacent to an activating group) is 1. The predicted molar refractivity (Wildman–Crippen MR) is 48.5 cm³/mol. The van der Waals surface area contributed by atoms with E-state index in [1.165, 1.54) is 0 Å². The Hall–Kier alpha value is -0.810. The van der Waals surface area contributed by atoms with Gasteiger partial charge in [0.1, 0.15) is 0 Å². The molecule has 72 valence electrons. The third-order valence-electron chi connectivity index (χ3n) is 1.66. The Bertz CT molecular complexity index is 125. The van der Waals surface area contributed by atoms with Crippen LogP contribution in [0.4, 0.5) is 4.79 Å². The van der Waals surface area contributed by atoms with Gasteiger partial charge in [-0.3, -0.25) is 5.43 Å². The Morgan fingerprint density at radius 1 is 1.42 bits per heavy atom. The van der Waals surface area contributed by atoms with E-state index in [2.05, 4.69) is 29.6 Å². The van der Waals surface area contributed by atoms with E-state index in [1.807, 2.05) is 0 Å². The molecule has 0 atom stereocenters. The molecule has 0 aromatic carbocycles. The van der Waals surface area contributed by atoms with Gasteiger partial charge in [0.15, 0.2) is 0 Å². The number of nitrogens with one attached hydrogen (secondary N) is 2. The number of urea groups is 1. The van der Waals surface area contributed by atoms with Gasteiger partial charge in [-0.1, -0.05) is 13.8 Å². The number of rotatable bonds is 6. The molecule has 0 aliphatic carbocycles. The quantitative estimate of drug-likeness (QED) is 0.375. The van der Waals surface area contributed by atoms with Crippen LogP contribution < -0.4 is 16.6 Å². The number of hydrogen-bond acceptors (Lipinski definition) is 3. The Morgan fingerprint density at radius 3 is 2.42 bits per heavy atom. The van der Waals surface area contributed by atoms with Gasteiger partial charge in [-0.2, -0.15) is 0 Å². The molecule has 0 saturated carbocycles. The predicted octanol–water partition coefficient (Wildman–Crippen LogP) is -0.499. The Balaban J connectivity index is 3.23. The van der Waals surface area contributed by atoms with Crippen LogP contribution in [0.5, 0.6) is 0 Å². The highest BCUT2D eigenvalue weighted by atomic mass is 16.2. The van der Waals surface area contributed by atoms with E-state index in [-0.39, 0.29) is 0 Å². The summed E-state index contributed by atoms with van der Waals surface area (Å²) in [5.74, 6) is 0. The van der Waals surface area contributed by atoms with Crippen LogP contribution in [0.25, 0.3) is 0 Å². The second-order valence-corrected chi connectivity index (χ2v) is 2.44. The summed E-state index contributed by atoms with van der Waals surface area (Å²) in [5.41, 5.74) is 9.88. The number of carbonyl (C=O) groups is 1. The fourth-order valence-corrected chi connectivity index (χ4v) is 0.903. The lowest BCUT2D eigenvalue weighted by atomic mass is 10.5. The van der Waals surface area contributed by atoms with Crippen molar-refractivity contribution >= 4 is 6.03 Å². The molecule has 0 rings (SSSR count). The van der Waals surface area contributed by atoms with Gasteiger partial charge in [0.25, 0.3) is 0 Å². The standard InChI is InChI=1S/C7H18N4O/c1-3-11(4-2)6-5-9-10-7(8)12/h9H,3-6H2,1-2H3,(H3,8,10,12). The van der Waals surface area contributed by atoms with Gasteiger partial charge in [-0.15, -0.1) is 0 Å². The normalized spacial score (nSPS) is 10.2. The number of hydrazine groups is 1. The maximum absolute atomic E-state index is 10.2. The largest absolute Gasteiger partial charge is 0.351 e. The van der Waals surface area contributed by atoms with Gasteiger partial charge >= 0.3 is 6.03 Å². The molecule has 0 aromatic heterocycles. The zero-order valence-electron chi connectivity index (χ0n) is 7.76. The van der Waals surface area contributed by atoms with Crippen LogP contribution >= 0.6 is 0 Å². The fraction of sp³-hybridized carbons (Fsp3) is 0.857. The molecule has 0 spiro atoms. The van der Waals surface area contributed by atoms with Crippen molar-refractivity contribution < 1.29 is 4.79 Å². The minimum atomic E-state index is -0.547. The van der Waals surface area contributed by atoms with Crippen molar-refractivity contribution in [1.29, 1.82) is 0 Å². The number of nitrogens with two attached hydrogens (primary N) is 1. The number of carbonyl (C=O) groups excluding carboxylic acids is 1. The van der Waals surface area contributed by atoms with Crippen molar-refractivity contribution in [3.63, 3.8) is 0 Å². The summed E-state index contributed by atoms with van der Waals surface area (Å²) in [6, 6.07) is -0.547. The van der Waals surface area contributed by atoms with Crippen molar-refractivity contribution in [2.45, 2.75) is 13.8 Å². The van der Waals surface area contributed by atoms with Crippen LogP contribution in [0, 0.1) is 0 Å². The minimum absolute atomic E-state index is 0.547. The van der Waals surface area contributed by atoms with Gasteiger partial charge in [0.2, 0.25) is 0 Å². The van der Waals surface area contributed by atoms with Crippen LogP contribution in [0.3, 0.4) is 0 Å². The van der Waals surface area contributed by atoms with E-state index in [9.17, 15) is 4.79 Å². The third kappa shape index (κ3) is 5.94. The van der Waals surface area contributed by atoms with E-state index in [0.29, 0.717) is 6.54 Å². The van der Waals surface area contributed by atoms with E-state index >= 15 is 0 Å². The summed E-state index contributed by atoms with van der Waals surface area (Å²) >= 11 is 0. The monoisotopic (exact) mass is 174 g/mol. The Morgan fingerprint density at radius 2 is 2.00 bits per heavy atom. The molecule has 0 unspecified atom stereocenters. The molecule has 12 heavy (non-hydrogen) atoms. The Labute approximate surface area is 73.3 Å². The second-order valence-electron chi connectivity index (χ2n) is 2.44. The fourth-order valence-electron chi connectivity index (χ4n) is 0.903. The summed E-state index contributed by atoms with van der Waals surface area (Å²) in [7, 11) is 0. The zero-order chi connectivity index (χ0) is 9.40. The van der Waals surface area contributed by atoms with Crippen LogP contribution in [0.1, 0.15) is 13.8 Å². The summed E-state index contributed by atoms with van der Waals surface area (Å²) in [6.45, 7) is 7.87. The molecular formula is C7H18N4O.